The van der Waals surface area contributed by atoms with Crippen molar-refractivity contribution in [1.29, 1.82) is 0 Å². The van der Waals surface area contributed by atoms with Crippen LogP contribution in [-0.2, 0) is 6.42 Å². The Balaban J connectivity index is 2.29. The highest BCUT2D eigenvalue weighted by Gasteiger charge is 2.03. The van der Waals surface area contributed by atoms with Crippen LogP contribution in [0.25, 0.3) is 0 Å². The molecule has 0 aliphatic heterocycles. The third-order valence-electron chi connectivity index (χ3n) is 3.22. The zero-order chi connectivity index (χ0) is 13.5. The van der Waals surface area contributed by atoms with Crippen molar-refractivity contribution in [2.24, 2.45) is 5.92 Å². The number of hydrogen-bond acceptors (Lipinski definition) is 1. The topological polar surface area (TPSA) is 12.0 Å². The second-order valence-corrected chi connectivity index (χ2v) is 5.99. The summed E-state index contributed by atoms with van der Waals surface area (Å²) in [6.07, 6.45) is 3.65. The van der Waals surface area contributed by atoms with Gasteiger partial charge in [0.15, 0.2) is 0 Å². The van der Waals surface area contributed by atoms with Gasteiger partial charge < -0.3 is 5.32 Å². The molecule has 0 fully saturated rings. The highest BCUT2D eigenvalue weighted by molar-refractivity contribution is 6.31. The first kappa shape index (κ1) is 15.5. The van der Waals surface area contributed by atoms with Crippen LogP contribution in [0.3, 0.4) is 0 Å². The van der Waals surface area contributed by atoms with Gasteiger partial charge in [-0.25, -0.2) is 0 Å². The Labute approximate surface area is 117 Å². The number of rotatable bonds is 7. The molecule has 0 bridgehead atoms. The van der Waals surface area contributed by atoms with E-state index < -0.39 is 0 Å². The normalized spacial score (nSPS) is 11.2. The third kappa shape index (κ3) is 5.41. The monoisotopic (exact) mass is 267 g/mol. The predicted octanol–water partition coefficient (Wildman–Crippen LogP) is 4.53. The summed E-state index contributed by atoms with van der Waals surface area (Å²) < 4.78 is 0. The highest BCUT2D eigenvalue weighted by Crippen LogP contribution is 2.21. The number of hydrogen-bond donors (Lipinski definition) is 1. The highest BCUT2D eigenvalue weighted by atomic mass is 35.5. The maximum Gasteiger partial charge on any atom is 0.0438 e. The van der Waals surface area contributed by atoms with Gasteiger partial charge in [0.25, 0.3) is 0 Å². The van der Waals surface area contributed by atoms with Gasteiger partial charge in [-0.15, -0.1) is 0 Å². The van der Waals surface area contributed by atoms with Gasteiger partial charge in [0.05, 0.1) is 0 Å². The Bertz CT molecular complexity index is 372. The van der Waals surface area contributed by atoms with Crippen LogP contribution in [0, 0.1) is 19.8 Å². The number of halogens is 1. The average molecular weight is 268 g/mol. The molecule has 0 radical (unpaired) electrons. The van der Waals surface area contributed by atoms with E-state index in [1.165, 1.54) is 29.5 Å². The van der Waals surface area contributed by atoms with Gasteiger partial charge in [0, 0.05) is 5.02 Å². The zero-order valence-corrected chi connectivity index (χ0v) is 12.9. The van der Waals surface area contributed by atoms with E-state index in [2.05, 4.69) is 45.1 Å². The van der Waals surface area contributed by atoms with Crippen molar-refractivity contribution in [3.8, 4) is 0 Å². The van der Waals surface area contributed by atoms with Gasteiger partial charge in [-0.05, 0) is 74.9 Å². The van der Waals surface area contributed by atoms with Crippen LogP contribution in [0.15, 0.2) is 12.1 Å². The molecule has 18 heavy (non-hydrogen) atoms. The van der Waals surface area contributed by atoms with E-state index in [4.69, 9.17) is 11.6 Å². The van der Waals surface area contributed by atoms with Crippen LogP contribution >= 0.6 is 11.6 Å². The standard InChI is InChI=1S/C16H26ClN/c1-12(2)11-18-8-6-5-7-15-9-14(4)16(17)10-13(15)3/h9-10,12,18H,5-8,11H2,1-4H3. The van der Waals surface area contributed by atoms with Crippen molar-refractivity contribution in [2.75, 3.05) is 13.1 Å². The summed E-state index contributed by atoms with van der Waals surface area (Å²) in [4.78, 5) is 0. The smallest absolute Gasteiger partial charge is 0.0438 e. The molecule has 0 saturated heterocycles. The van der Waals surface area contributed by atoms with Crippen LogP contribution in [-0.4, -0.2) is 13.1 Å². The number of benzene rings is 1. The fraction of sp³-hybridized carbons (Fsp3) is 0.625. The first-order valence-corrected chi connectivity index (χ1v) is 7.35. The molecular formula is C16H26ClN. The largest absolute Gasteiger partial charge is 0.316 e. The molecule has 0 unspecified atom stereocenters. The first-order valence-electron chi connectivity index (χ1n) is 6.97. The molecule has 0 atom stereocenters. The molecular weight excluding hydrogens is 242 g/mol. The second-order valence-electron chi connectivity index (χ2n) is 5.58. The SMILES string of the molecule is Cc1cc(CCCCNCC(C)C)c(C)cc1Cl. The Hall–Kier alpha value is -0.530. The number of nitrogens with one attached hydrogen (secondary N) is 1. The summed E-state index contributed by atoms with van der Waals surface area (Å²) in [6.45, 7) is 11.0. The molecule has 0 saturated carbocycles. The molecule has 0 spiro atoms. The van der Waals surface area contributed by atoms with Crippen LogP contribution in [0.1, 0.15) is 43.4 Å². The molecule has 0 aliphatic rings. The number of aryl methyl sites for hydroxylation is 3. The Kier molecular flexibility index (Phi) is 6.73. The summed E-state index contributed by atoms with van der Waals surface area (Å²) in [5.74, 6) is 0.742. The van der Waals surface area contributed by atoms with E-state index in [0.29, 0.717) is 0 Å². The van der Waals surface area contributed by atoms with E-state index in [-0.39, 0.29) is 0 Å². The maximum absolute atomic E-state index is 6.11. The second kappa shape index (κ2) is 7.81. The van der Waals surface area contributed by atoms with E-state index in [1.807, 2.05) is 0 Å². The van der Waals surface area contributed by atoms with E-state index >= 15 is 0 Å². The third-order valence-corrected chi connectivity index (χ3v) is 3.63. The fourth-order valence-corrected chi connectivity index (χ4v) is 2.28. The van der Waals surface area contributed by atoms with Gasteiger partial charge >= 0.3 is 0 Å². The van der Waals surface area contributed by atoms with Crippen molar-refractivity contribution in [1.82, 2.24) is 5.32 Å². The Morgan fingerprint density at radius 3 is 2.50 bits per heavy atom. The van der Waals surface area contributed by atoms with Gasteiger partial charge in [0.1, 0.15) is 0 Å². The first-order chi connectivity index (χ1) is 8.50. The fourth-order valence-electron chi connectivity index (χ4n) is 2.07. The van der Waals surface area contributed by atoms with Gasteiger partial charge in [-0.2, -0.15) is 0 Å². The molecule has 1 aromatic carbocycles. The van der Waals surface area contributed by atoms with Crippen LogP contribution < -0.4 is 5.32 Å². The quantitative estimate of drug-likeness (QED) is 0.716. The minimum Gasteiger partial charge on any atom is -0.316 e. The maximum atomic E-state index is 6.11. The van der Waals surface area contributed by atoms with Crippen molar-refractivity contribution < 1.29 is 0 Å². The molecule has 2 heteroatoms. The lowest BCUT2D eigenvalue weighted by molar-refractivity contribution is 0.535. The predicted molar refractivity (Wildman–Crippen MR) is 81.6 cm³/mol. The summed E-state index contributed by atoms with van der Waals surface area (Å²) in [5.41, 5.74) is 3.96. The molecule has 0 heterocycles. The van der Waals surface area contributed by atoms with Gasteiger partial charge in [-0.3, -0.25) is 0 Å². The van der Waals surface area contributed by atoms with E-state index in [1.54, 1.807) is 0 Å². The molecule has 0 amide bonds. The zero-order valence-electron chi connectivity index (χ0n) is 12.1. The number of unbranched alkanes of at least 4 members (excludes halogenated alkanes) is 1. The minimum absolute atomic E-state index is 0.742. The lowest BCUT2D eigenvalue weighted by Crippen LogP contribution is -2.20. The van der Waals surface area contributed by atoms with Crippen molar-refractivity contribution >= 4 is 11.6 Å². The van der Waals surface area contributed by atoms with Crippen LogP contribution in [0.4, 0.5) is 0 Å². The van der Waals surface area contributed by atoms with E-state index in [9.17, 15) is 0 Å². The van der Waals surface area contributed by atoms with Crippen molar-refractivity contribution in [3.63, 3.8) is 0 Å². The summed E-state index contributed by atoms with van der Waals surface area (Å²) in [6, 6.07) is 4.32. The molecule has 1 N–H and O–H groups in total. The summed E-state index contributed by atoms with van der Waals surface area (Å²) in [5, 5.41) is 4.37. The summed E-state index contributed by atoms with van der Waals surface area (Å²) in [7, 11) is 0. The molecule has 102 valence electrons. The van der Waals surface area contributed by atoms with E-state index in [0.717, 1.165) is 30.5 Å². The molecule has 1 rings (SSSR count). The molecule has 0 aliphatic carbocycles. The molecule has 1 nitrogen and oxygen atoms in total. The lowest BCUT2D eigenvalue weighted by atomic mass is 10.0. The van der Waals surface area contributed by atoms with Crippen LogP contribution in [0.5, 0.6) is 0 Å². The average Bonchev–Trinajstić information content (AvgIpc) is 2.29. The van der Waals surface area contributed by atoms with Gasteiger partial charge in [-0.1, -0.05) is 31.5 Å². The Morgan fingerprint density at radius 1 is 1.11 bits per heavy atom. The van der Waals surface area contributed by atoms with Crippen LogP contribution in [0.2, 0.25) is 5.02 Å². The molecule has 1 aromatic rings. The molecule has 0 aromatic heterocycles. The lowest BCUT2D eigenvalue weighted by Gasteiger charge is -2.10. The van der Waals surface area contributed by atoms with Gasteiger partial charge in [0.2, 0.25) is 0 Å². The minimum atomic E-state index is 0.742. The Morgan fingerprint density at radius 2 is 1.83 bits per heavy atom. The van der Waals surface area contributed by atoms with Crippen molar-refractivity contribution in [2.45, 2.75) is 47.0 Å². The van der Waals surface area contributed by atoms with Crippen molar-refractivity contribution in [3.05, 3.63) is 33.8 Å². The summed E-state index contributed by atoms with van der Waals surface area (Å²) >= 11 is 6.11.